The van der Waals surface area contributed by atoms with Crippen LogP contribution in [0.3, 0.4) is 0 Å². The number of fused-ring (bicyclic) bond motifs is 3. The summed E-state index contributed by atoms with van der Waals surface area (Å²) in [5.74, 6) is 1.75. The molecule has 225 valence electrons. The van der Waals surface area contributed by atoms with Gasteiger partial charge in [0, 0.05) is 66.4 Å². The van der Waals surface area contributed by atoms with Gasteiger partial charge in [0.2, 0.25) is 0 Å². The number of benzene rings is 1. The molecule has 0 saturated carbocycles. The minimum atomic E-state index is -1.75. The van der Waals surface area contributed by atoms with Gasteiger partial charge >= 0.3 is 17.1 Å². The van der Waals surface area contributed by atoms with Crippen LogP contribution in [0.4, 0.5) is 0 Å². The molecule has 18 nitrogen and oxygen atoms in total. The molecule has 0 saturated heterocycles. The van der Waals surface area contributed by atoms with Crippen molar-refractivity contribution in [1.29, 1.82) is 0 Å². The Bertz CT molecular complexity index is 1720. The van der Waals surface area contributed by atoms with Crippen LogP contribution in [0.5, 0.6) is 0 Å². The molecule has 0 unspecified atom stereocenters. The van der Waals surface area contributed by atoms with Gasteiger partial charge in [-0.1, -0.05) is 24.3 Å². The maximum atomic E-state index is 8.25. The van der Waals surface area contributed by atoms with E-state index >= 15 is 0 Å². The first kappa shape index (κ1) is 32.2. The zero-order valence-corrected chi connectivity index (χ0v) is 23.0. The first-order chi connectivity index (χ1) is 20.8. The van der Waals surface area contributed by atoms with Crippen LogP contribution in [0, 0.1) is 30.6 Å². The van der Waals surface area contributed by atoms with Crippen molar-refractivity contribution in [2.24, 2.45) is 0 Å². The van der Waals surface area contributed by atoms with Crippen LogP contribution in [0.2, 0.25) is 0 Å². The van der Waals surface area contributed by atoms with E-state index in [1.165, 1.54) is 0 Å². The van der Waals surface area contributed by atoms with Crippen molar-refractivity contribution < 1.29 is 27.2 Å². The van der Waals surface area contributed by atoms with Crippen LogP contribution in [0.25, 0.3) is 39.4 Å². The van der Waals surface area contributed by atoms with Gasteiger partial charge in [-0.05, 0) is 30.3 Å². The van der Waals surface area contributed by atoms with Gasteiger partial charge < -0.3 is 30.6 Å². The van der Waals surface area contributed by atoms with Crippen LogP contribution < -0.4 is 0 Å². The predicted octanol–water partition coefficient (Wildman–Crippen LogP) is 3.34. The number of rotatable bonds is 3. The van der Waals surface area contributed by atoms with Crippen molar-refractivity contribution in [3.63, 3.8) is 0 Å². The van der Waals surface area contributed by atoms with E-state index in [4.69, 9.17) is 30.6 Å². The number of pyridine rings is 2. The van der Waals surface area contributed by atoms with Crippen molar-refractivity contribution in [3.8, 4) is 17.6 Å². The summed E-state index contributed by atoms with van der Waals surface area (Å²) in [5, 5.41) is 44.3. The molecule has 44 heavy (non-hydrogen) atoms. The van der Waals surface area contributed by atoms with Gasteiger partial charge in [0.15, 0.2) is 11.6 Å². The first-order valence-corrected chi connectivity index (χ1v) is 11.9. The number of aromatic nitrogens is 10. The second-order valence-corrected chi connectivity index (χ2v) is 7.90. The molecule has 7 aromatic rings. The van der Waals surface area contributed by atoms with E-state index in [1.54, 1.807) is 51.2 Å². The van der Waals surface area contributed by atoms with E-state index in [0.29, 0.717) is 17.6 Å². The van der Waals surface area contributed by atoms with Gasteiger partial charge in [0.1, 0.15) is 0 Å². The molecule has 0 bridgehead atoms. The van der Waals surface area contributed by atoms with E-state index in [1.807, 2.05) is 48.8 Å². The van der Waals surface area contributed by atoms with Crippen molar-refractivity contribution >= 4 is 21.8 Å². The monoisotopic (exact) mass is 645 g/mol. The van der Waals surface area contributed by atoms with Gasteiger partial charge in [-0.25, -0.2) is 14.0 Å². The fraction of sp³-hybridized carbons (Fsp3) is 0. The molecule has 0 fully saturated rings. The van der Waals surface area contributed by atoms with Crippen LogP contribution in [0.1, 0.15) is 0 Å². The Balaban J connectivity index is 0.000000199. The minimum Gasteiger partial charge on any atom is -0.356 e. The molecule has 0 aliphatic carbocycles. The molecular formula is C25H18CuN12O6. The smallest absolute Gasteiger partial charge is 0.356 e. The molecule has 1 radical (unpaired) electrons. The molecule has 0 aliphatic heterocycles. The van der Waals surface area contributed by atoms with Crippen LogP contribution >= 0.6 is 0 Å². The average Bonchev–Trinajstić information content (AvgIpc) is 3.81. The molecule has 0 spiro atoms. The zero-order valence-electron chi connectivity index (χ0n) is 22.0. The Labute approximate surface area is 256 Å². The van der Waals surface area contributed by atoms with Gasteiger partial charge in [-0.3, -0.25) is 9.97 Å². The maximum absolute atomic E-state index is 8.25. The third kappa shape index (κ3) is 8.83. The van der Waals surface area contributed by atoms with Gasteiger partial charge in [0.25, 0.3) is 5.95 Å². The third-order valence-corrected chi connectivity index (χ3v) is 5.22. The van der Waals surface area contributed by atoms with Crippen LogP contribution in [-0.2, 0) is 17.1 Å². The van der Waals surface area contributed by atoms with E-state index < -0.39 is 10.2 Å². The second-order valence-electron chi connectivity index (χ2n) is 7.90. The molecule has 6 heterocycles. The van der Waals surface area contributed by atoms with Crippen molar-refractivity contribution in [1.82, 2.24) is 49.3 Å². The molecular weight excluding hydrogens is 628 g/mol. The van der Waals surface area contributed by atoms with Crippen molar-refractivity contribution in [3.05, 3.63) is 141 Å². The average molecular weight is 646 g/mol. The summed E-state index contributed by atoms with van der Waals surface area (Å²) in [6.45, 7) is 0. The van der Waals surface area contributed by atoms with Gasteiger partial charge in [-0.15, -0.1) is 0 Å². The van der Waals surface area contributed by atoms with Crippen molar-refractivity contribution in [2.45, 2.75) is 0 Å². The number of hydrogen-bond acceptors (Lipinski definition) is 13. The SMILES string of the molecule is O=[N+]([O-])[O-].O=[N+]([O-])[O-].[Cu+2].c1cnc2c(c1)ccc1cccnc12.c1cnn(-c2cc(-n3cccn3)nc(-n3cccn3)n2)c1. The van der Waals surface area contributed by atoms with E-state index in [2.05, 4.69) is 59.5 Å². The van der Waals surface area contributed by atoms with Crippen LogP contribution in [0.15, 0.2) is 110 Å². The van der Waals surface area contributed by atoms with E-state index in [0.717, 1.165) is 21.8 Å². The first-order valence-electron chi connectivity index (χ1n) is 11.9. The molecule has 7 rings (SSSR count). The topological polar surface area (TPSA) is 237 Å². The molecule has 0 aliphatic rings. The molecule has 0 N–H and O–H groups in total. The predicted molar refractivity (Wildman–Crippen MR) is 151 cm³/mol. The summed E-state index contributed by atoms with van der Waals surface area (Å²) in [6, 6.07) is 19.4. The Hall–Kier alpha value is -6.33. The summed E-state index contributed by atoms with van der Waals surface area (Å²) >= 11 is 0. The zero-order chi connectivity index (χ0) is 30.6. The van der Waals surface area contributed by atoms with Crippen molar-refractivity contribution in [2.75, 3.05) is 0 Å². The largest absolute Gasteiger partial charge is 2.00 e. The summed E-state index contributed by atoms with van der Waals surface area (Å²) in [4.78, 5) is 34.1. The number of nitrogens with zero attached hydrogens (tertiary/aromatic N) is 12. The van der Waals surface area contributed by atoms with Gasteiger partial charge in [-0.2, -0.15) is 25.3 Å². The minimum absolute atomic E-state index is 0. The third-order valence-electron chi connectivity index (χ3n) is 5.22. The van der Waals surface area contributed by atoms with E-state index in [9.17, 15) is 0 Å². The standard InChI is InChI=1S/C13H10N8.C12H8N2.Cu.2NO3/c1-4-14-19(7-1)11-10-12(20-8-2-5-15-20)18-13(17-11)21-9-3-6-16-21;1-3-9-5-6-10-4-2-8-14-12(10)11(9)13-7-1;;2*2-1(3)4/h1-10H;1-8H;;;/q;;+2;2*-1. The Kier molecular flexibility index (Phi) is 11.4. The molecule has 1 aromatic carbocycles. The molecule has 19 heteroatoms. The summed E-state index contributed by atoms with van der Waals surface area (Å²) in [7, 11) is 0. The molecule has 0 atom stereocenters. The fourth-order valence-corrected chi connectivity index (χ4v) is 3.62. The second kappa shape index (κ2) is 15.6. The van der Waals surface area contributed by atoms with E-state index in [-0.39, 0.29) is 17.1 Å². The Morgan fingerprint density at radius 3 is 1.30 bits per heavy atom. The van der Waals surface area contributed by atoms with Gasteiger partial charge in [0.05, 0.1) is 21.2 Å². The molecule has 0 amide bonds. The summed E-state index contributed by atoms with van der Waals surface area (Å²) in [5.41, 5.74) is 1.95. The number of hydrogen-bond donors (Lipinski definition) is 0. The maximum Gasteiger partial charge on any atom is 2.00 e. The summed E-state index contributed by atoms with van der Waals surface area (Å²) in [6.07, 6.45) is 14.1. The quantitative estimate of drug-likeness (QED) is 0.116. The summed E-state index contributed by atoms with van der Waals surface area (Å²) < 4.78 is 4.93. The van der Waals surface area contributed by atoms with Crippen LogP contribution in [-0.4, -0.2) is 59.5 Å². The Morgan fingerprint density at radius 2 is 0.932 bits per heavy atom. The normalized spacial score (nSPS) is 9.73. The fourth-order valence-electron chi connectivity index (χ4n) is 3.62. The Morgan fingerprint density at radius 1 is 0.545 bits per heavy atom. The molecule has 6 aromatic heterocycles.